The lowest BCUT2D eigenvalue weighted by Crippen LogP contribution is -2.52. The SMILES string of the molecule is CCCC[C@@H]1C(=O)NC2=NC(=O)[C@@H](C)[C@H]2C1=O. The van der Waals surface area contributed by atoms with Crippen molar-refractivity contribution in [3.8, 4) is 0 Å². The van der Waals surface area contributed by atoms with Crippen molar-refractivity contribution in [1.29, 1.82) is 0 Å². The summed E-state index contributed by atoms with van der Waals surface area (Å²) >= 11 is 0. The number of nitrogens with zero attached hydrogens (tertiary/aromatic N) is 1. The summed E-state index contributed by atoms with van der Waals surface area (Å²) in [4.78, 5) is 39.1. The number of rotatable bonds is 3. The molecular weight excluding hydrogens is 220 g/mol. The number of fused-ring (bicyclic) bond motifs is 1. The van der Waals surface area contributed by atoms with Crippen molar-refractivity contribution >= 4 is 23.4 Å². The Morgan fingerprint density at radius 3 is 2.65 bits per heavy atom. The minimum atomic E-state index is -0.604. The third kappa shape index (κ3) is 1.90. The first-order chi connectivity index (χ1) is 8.06. The lowest BCUT2D eigenvalue weighted by Gasteiger charge is -2.27. The Balaban J connectivity index is 2.21. The van der Waals surface area contributed by atoms with Crippen molar-refractivity contribution in [2.75, 3.05) is 0 Å². The highest BCUT2D eigenvalue weighted by atomic mass is 16.2. The van der Waals surface area contributed by atoms with Crippen LogP contribution in [0.5, 0.6) is 0 Å². The summed E-state index contributed by atoms with van der Waals surface area (Å²) < 4.78 is 0. The van der Waals surface area contributed by atoms with Gasteiger partial charge in [-0.2, -0.15) is 4.99 Å². The zero-order chi connectivity index (χ0) is 12.6. The Labute approximate surface area is 99.7 Å². The summed E-state index contributed by atoms with van der Waals surface area (Å²) in [7, 11) is 0. The molecule has 3 atom stereocenters. The predicted molar refractivity (Wildman–Crippen MR) is 61.3 cm³/mol. The quantitative estimate of drug-likeness (QED) is 0.732. The third-order valence-electron chi connectivity index (χ3n) is 3.48. The molecule has 0 aromatic rings. The summed E-state index contributed by atoms with van der Waals surface area (Å²) in [5.41, 5.74) is 0. The van der Waals surface area contributed by atoms with E-state index in [1.807, 2.05) is 6.92 Å². The number of Topliss-reactive ketones (excluding diaryl/α,β-unsaturated/α-hetero) is 1. The summed E-state index contributed by atoms with van der Waals surface area (Å²) in [6, 6.07) is 0. The first kappa shape index (κ1) is 12.0. The van der Waals surface area contributed by atoms with Crippen LogP contribution in [0.2, 0.25) is 0 Å². The summed E-state index contributed by atoms with van der Waals surface area (Å²) in [5.74, 6) is -2.06. The molecule has 2 heterocycles. The Kier molecular flexibility index (Phi) is 3.09. The summed E-state index contributed by atoms with van der Waals surface area (Å²) in [6.07, 6.45) is 2.34. The molecule has 0 saturated carbocycles. The normalized spacial score (nSPS) is 32.2. The molecule has 0 spiro atoms. The fourth-order valence-corrected chi connectivity index (χ4v) is 2.40. The maximum atomic E-state index is 12.2. The van der Waals surface area contributed by atoms with Crippen LogP contribution in [0, 0.1) is 17.8 Å². The number of ketones is 1. The molecule has 0 bridgehead atoms. The van der Waals surface area contributed by atoms with Crippen molar-refractivity contribution in [1.82, 2.24) is 5.32 Å². The van der Waals surface area contributed by atoms with E-state index >= 15 is 0 Å². The van der Waals surface area contributed by atoms with Crippen molar-refractivity contribution in [3.05, 3.63) is 0 Å². The van der Waals surface area contributed by atoms with Gasteiger partial charge in [0.05, 0.1) is 17.8 Å². The molecule has 1 fully saturated rings. The largest absolute Gasteiger partial charge is 0.313 e. The third-order valence-corrected chi connectivity index (χ3v) is 3.48. The van der Waals surface area contributed by atoms with Crippen LogP contribution in [0.4, 0.5) is 0 Å². The zero-order valence-electron chi connectivity index (χ0n) is 10.0. The summed E-state index contributed by atoms with van der Waals surface area (Å²) in [6.45, 7) is 3.70. The molecule has 2 rings (SSSR count). The molecule has 2 aliphatic rings. The highest BCUT2D eigenvalue weighted by Crippen LogP contribution is 2.30. The van der Waals surface area contributed by atoms with E-state index in [0.717, 1.165) is 12.8 Å². The molecule has 92 valence electrons. The van der Waals surface area contributed by atoms with E-state index < -0.39 is 17.8 Å². The van der Waals surface area contributed by atoms with Crippen molar-refractivity contribution in [2.45, 2.75) is 33.1 Å². The van der Waals surface area contributed by atoms with Gasteiger partial charge in [0.2, 0.25) is 5.91 Å². The van der Waals surface area contributed by atoms with Gasteiger partial charge in [-0.1, -0.05) is 26.7 Å². The van der Waals surface area contributed by atoms with E-state index in [1.165, 1.54) is 0 Å². The second-order valence-electron chi connectivity index (χ2n) is 4.69. The molecule has 0 aromatic heterocycles. The number of unbranched alkanes of at least 4 members (excludes halogenated alkanes) is 1. The Bertz CT molecular complexity index is 414. The van der Waals surface area contributed by atoms with Gasteiger partial charge in [-0.25, -0.2) is 0 Å². The number of amidine groups is 1. The molecule has 0 radical (unpaired) electrons. The predicted octanol–water partition coefficient (Wildman–Crippen LogP) is 0.683. The first-order valence-corrected chi connectivity index (χ1v) is 6.03. The second kappa shape index (κ2) is 4.39. The van der Waals surface area contributed by atoms with E-state index in [1.54, 1.807) is 6.92 Å². The Hall–Kier alpha value is -1.52. The van der Waals surface area contributed by atoms with Gasteiger partial charge in [-0.15, -0.1) is 0 Å². The molecule has 5 heteroatoms. The smallest absolute Gasteiger partial charge is 0.251 e. The molecule has 17 heavy (non-hydrogen) atoms. The Morgan fingerprint density at radius 1 is 1.29 bits per heavy atom. The minimum Gasteiger partial charge on any atom is -0.313 e. The van der Waals surface area contributed by atoms with E-state index in [-0.39, 0.29) is 23.4 Å². The lowest BCUT2D eigenvalue weighted by atomic mass is 9.79. The maximum Gasteiger partial charge on any atom is 0.251 e. The van der Waals surface area contributed by atoms with E-state index in [9.17, 15) is 14.4 Å². The number of carbonyl (C=O) groups excluding carboxylic acids is 3. The number of hydrogen-bond donors (Lipinski definition) is 1. The van der Waals surface area contributed by atoms with Gasteiger partial charge in [0.15, 0.2) is 5.78 Å². The molecule has 2 aliphatic heterocycles. The maximum absolute atomic E-state index is 12.2. The number of nitrogens with one attached hydrogen (secondary N) is 1. The average molecular weight is 236 g/mol. The summed E-state index contributed by atoms with van der Waals surface area (Å²) in [5, 5.41) is 2.60. The van der Waals surface area contributed by atoms with Crippen LogP contribution >= 0.6 is 0 Å². The zero-order valence-corrected chi connectivity index (χ0v) is 10.0. The van der Waals surface area contributed by atoms with Gasteiger partial charge in [0, 0.05) is 0 Å². The van der Waals surface area contributed by atoms with Crippen LogP contribution in [0.25, 0.3) is 0 Å². The topological polar surface area (TPSA) is 75.6 Å². The van der Waals surface area contributed by atoms with E-state index in [0.29, 0.717) is 6.42 Å². The van der Waals surface area contributed by atoms with Gasteiger partial charge < -0.3 is 5.32 Å². The molecular formula is C12H16N2O3. The van der Waals surface area contributed by atoms with Crippen LogP contribution in [0.3, 0.4) is 0 Å². The Morgan fingerprint density at radius 2 is 2.00 bits per heavy atom. The van der Waals surface area contributed by atoms with Crippen molar-refractivity contribution < 1.29 is 14.4 Å². The number of carbonyl (C=O) groups is 3. The van der Waals surface area contributed by atoms with E-state index in [4.69, 9.17) is 0 Å². The van der Waals surface area contributed by atoms with E-state index in [2.05, 4.69) is 10.3 Å². The van der Waals surface area contributed by atoms with Crippen LogP contribution < -0.4 is 5.32 Å². The van der Waals surface area contributed by atoms with Gasteiger partial charge in [0.1, 0.15) is 5.84 Å². The van der Waals surface area contributed by atoms with Gasteiger partial charge >= 0.3 is 0 Å². The number of amides is 2. The van der Waals surface area contributed by atoms with Crippen LogP contribution in [0.1, 0.15) is 33.1 Å². The van der Waals surface area contributed by atoms with Gasteiger partial charge in [-0.05, 0) is 6.42 Å². The molecule has 1 N–H and O–H groups in total. The number of hydrogen-bond acceptors (Lipinski definition) is 3. The van der Waals surface area contributed by atoms with Gasteiger partial charge in [-0.3, -0.25) is 14.4 Å². The minimum absolute atomic E-state index is 0.140. The highest BCUT2D eigenvalue weighted by molar-refractivity contribution is 6.26. The standard InChI is InChI=1S/C12H16N2O3/c1-3-4-5-7-9(15)8-6(2)11(16)13-10(8)14-12(7)17/h6-8H,3-5H2,1-2H3,(H,13,14,16,17)/t6-,7-,8-/m0/s1. The van der Waals surface area contributed by atoms with Crippen LogP contribution in [0.15, 0.2) is 4.99 Å². The first-order valence-electron chi connectivity index (χ1n) is 6.03. The lowest BCUT2D eigenvalue weighted by molar-refractivity contribution is -0.138. The molecule has 0 unspecified atom stereocenters. The fourth-order valence-electron chi connectivity index (χ4n) is 2.40. The molecule has 1 saturated heterocycles. The molecule has 0 aromatic carbocycles. The molecule has 0 aliphatic carbocycles. The van der Waals surface area contributed by atoms with Crippen LogP contribution in [-0.2, 0) is 14.4 Å². The highest BCUT2D eigenvalue weighted by Gasteiger charge is 2.48. The van der Waals surface area contributed by atoms with Crippen molar-refractivity contribution in [2.24, 2.45) is 22.7 Å². The monoisotopic (exact) mass is 236 g/mol. The number of piperidine rings is 1. The second-order valence-corrected chi connectivity index (χ2v) is 4.69. The molecule has 5 nitrogen and oxygen atoms in total. The number of aliphatic imine (C=N–C) groups is 1. The molecule has 2 amide bonds. The van der Waals surface area contributed by atoms with Crippen molar-refractivity contribution in [3.63, 3.8) is 0 Å². The van der Waals surface area contributed by atoms with Crippen LogP contribution in [-0.4, -0.2) is 23.4 Å². The van der Waals surface area contributed by atoms with Gasteiger partial charge in [0.25, 0.3) is 5.91 Å². The fraction of sp³-hybridized carbons (Fsp3) is 0.667. The average Bonchev–Trinajstić information content (AvgIpc) is 2.54.